The largest absolute Gasteiger partial charge is 0.472 e. The minimum absolute atomic E-state index is 0.0128. The van der Waals surface area contributed by atoms with E-state index in [1.165, 1.54) is 24.7 Å². The predicted octanol–water partition coefficient (Wildman–Crippen LogP) is -0.614. The van der Waals surface area contributed by atoms with Crippen molar-refractivity contribution >= 4 is 5.91 Å². The first-order valence-corrected chi connectivity index (χ1v) is 8.84. The van der Waals surface area contributed by atoms with Gasteiger partial charge in [-0.1, -0.05) is 0 Å². The minimum Gasteiger partial charge on any atom is -0.472 e. The highest BCUT2D eigenvalue weighted by molar-refractivity contribution is 5.92. The van der Waals surface area contributed by atoms with E-state index in [0.29, 0.717) is 32.6 Å². The fraction of sp³-hybridized carbons (Fsp3) is 0.500. The number of aromatic nitrogens is 2. The molecule has 1 fully saturated rings. The molecule has 0 spiro atoms. The Morgan fingerprint density at radius 3 is 2.70 bits per heavy atom. The summed E-state index contributed by atoms with van der Waals surface area (Å²) >= 11 is 0. The maximum absolute atomic E-state index is 12.9. The number of hydrogen-bond acceptors (Lipinski definition) is 6. The van der Waals surface area contributed by atoms with Gasteiger partial charge in [0.25, 0.3) is 11.5 Å². The van der Waals surface area contributed by atoms with Gasteiger partial charge < -0.3 is 14.4 Å². The van der Waals surface area contributed by atoms with Gasteiger partial charge in [-0.2, -0.15) is 0 Å². The molecular weight excluding hydrogens is 352 g/mol. The molecular formula is C18H24N4O5. The molecule has 2 aromatic heterocycles. The normalized spacial score (nSPS) is 18.0. The summed E-state index contributed by atoms with van der Waals surface area (Å²) in [6.45, 7) is 2.20. The number of nitrogens with zero attached hydrogens (tertiary/aromatic N) is 4. The van der Waals surface area contributed by atoms with Crippen LogP contribution in [0.15, 0.2) is 38.7 Å². The molecule has 0 aromatic carbocycles. The van der Waals surface area contributed by atoms with Gasteiger partial charge in [0.15, 0.2) is 0 Å². The summed E-state index contributed by atoms with van der Waals surface area (Å²) in [4.78, 5) is 40.8. The van der Waals surface area contributed by atoms with E-state index in [2.05, 4.69) is 4.90 Å². The van der Waals surface area contributed by atoms with Gasteiger partial charge in [-0.05, 0) is 12.5 Å². The van der Waals surface area contributed by atoms with Crippen LogP contribution in [0.3, 0.4) is 0 Å². The lowest BCUT2D eigenvalue weighted by Gasteiger charge is -2.41. The van der Waals surface area contributed by atoms with Gasteiger partial charge in [0.05, 0.1) is 12.5 Å². The van der Waals surface area contributed by atoms with E-state index in [9.17, 15) is 19.5 Å². The second-order valence-corrected chi connectivity index (χ2v) is 6.79. The third-order valence-corrected chi connectivity index (χ3v) is 5.07. The van der Waals surface area contributed by atoms with Crippen molar-refractivity contribution in [2.75, 3.05) is 26.2 Å². The van der Waals surface area contributed by atoms with Crippen molar-refractivity contribution in [1.82, 2.24) is 18.9 Å². The number of amides is 1. The van der Waals surface area contributed by atoms with Gasteiger partial charge >= 0.3 is 5.69 Å². The third kappa shape index (κ3) is 3.88. The molecule has 27 heavy (non-hydrogen) atoms. The van der Waals surface area contributed by atoms with Crippen LogP contribution in [-0.2, 0) is 20.6 Å². The Hall–Kier alpha value is -2.65. The van der Waals surface area contributed by atoms with Gasteiger partial charge in [0, 0.05) is 64.6 Å². The average Bonchev–Trinajstić information content (AvgIpc) is 3.17. The second-order valence-electron chi connectivity index (χ2n) is 6.79. The molecule has 0 unspecified atom stereocenters. The zero-order valence-electron chi connectivity index (χ0n) is 15.5. The molecule has 3 heterocycles. The van der Waals surface area contributed by atoms with E-state index in [4.69, 9.17) is 4.42 Å². The van der Waals surface area contributed by atoms with Crippen molar-refractivity contribution in [1.29, 1.82) is 0 Å². The van der Waals surface area contributed by atoms with Crippen molar-refractivity contribution in [3.8, 4) is 0 Å². The van der Waals surface area contributed by atoms with E-state index >= 15 is 0 Å². The fourth-order valence-corrected chi connectivity index (χ4v) is 3.43. The highest BCUT2D eigenvalue weighted by Crippen LogP contribution is 2.18. The van der Waals surface area contributed by atoms with Crippen molar-refractivity contribution in [3.05, 3.63) is 56.8 Å². The first-order valence-electron chi connectivity index (χ1n) is 8.84. The smallest absolute Gasteiger partial charge is 0.331 e. The van der Waals surface area contributed by atoms with Crippen molar-refractivity contribution in [2.45, 2.75) is 19.0 Å². The lowest BCUT2D eigenvalue weighted by Crippen LogP contribution is -2.55. The number of carbonyl (C=O) groups is 1. The molecule has 0 saturated carbocycles. The summed E-state index contributed by atoms with van der Waals surface area (Å²) in [5, 5.41) is 9.41. The van der Waals surface area contributed by atoms with E-state index < -0.39 is 11.2 Å². The van der Waals surface area contributed by atoms with Gasteiger partial charge in [0.2, 0.25) is 0 Å². The molecule has 9 nitrogen and oxygen atoms in total. The van der Waals surface area contributed by atoms with Crippen LogP contribution in [0, 0.1) is 0 Å². The zero-order valence-corrected chi connectivity index (χ0v) is 15.5. The Bertz CT molecular complexity index is 915. The third-order valence-electron chi connectivity index (χ3n) is 5.07. The second kappa shape index (κ2) is 7.93. The van der Waals surface area contributed by atoms with Crippen LogP contribution >= 0.6 is 0 Å². The van der Waals surface area contributed by atoms with Crippen LogP contribution in [0.25, 0.3) is 0 Å². The van der Waals surface area contributed by atoms with Gasteiger partial charge in [0.1, 0.15) is 5.69 Å². The van der Waals surface area contributed by atoms with E-state index in [1.54, 1.807) is 17.4 Å². The number of aliphatic hydroxyl groups excluding tert-OH is 1. The summed E-state index contributed by atoms with van der Waals surface area (Å²) in [5.74, 6) is -0.349. The average molecular weight is 376 g/mol. The maximum Gasteiger partial charge on any atom is 0.331 e. The Balaban J connectivity index is 1.79. The van der Waals surface area contributed by atoms with E-state index in [0.717, 1.165) is 10.1 Å². The monoisotopic (exact) mass is 376 g/mol. The number of rotatable bonds is 5. The molecule has 0 radical (unpaired) electrons. The van der Waals surface area contributed by atoms with Crippen molar-refractivity contribution < 1.29 is 14.3 Å². The summed E-state index contributed by atoms with van der Waals surface area (Å²) in [7, 11) is 2.86. The van der Waals surface area contributed by atoms with Gasteiger partial charge in [-0.3, -0.25) is 23.6 Å². The molecule has 1 aliphatic rings. The molecule has 0 aliphatic carbocycles. The lowest BCUT2D eigenvalue weighted by molar-refractivity contribution is 0.0386. The van der Waals surface area contributed by atoms with Gasteiger partial charge in [-0.25, -0.2) is 4.79 Å². The number of aliphatic hydroxyl groups is 1. The molecule has 1 saturated heterocycles. The maximum atomic E-state index is 12.9. The molecule has 1 atom stereocenters. The van der Waals surface area contributed by atoms with Crippen molar-refractivity contribution in [3.63, 3.8) is 0 Å². The standard InChI is InChI=1S/C18H24N4O5/c1-19-15(9-16(24)20(2)18(19)26)17(25)22-6-5-21(14(11-22)3-7-23)10-13-4-8-27-12-13/h4,8-9,12,14,23H,3,5-7,10-11H2,1-2H3/t14-/m1/s1. The summed E-state index contributed by atoms with van der Waals surface area (Å²) in [6, 6.07) is 3.07. The number of piperazine rings is 1. The van der Waals surface area contributed by atoms with Crippen LogP contribution in [0.2, 0.25) is 0 Å². The predicted molar refractivity (Wildman–Crippen MR) is 97.4 cm³/mol. The Morgan fingerprint density at radius 1 is 1.26 bits per heavy atom. The minimum atomic E-state index is -0.531. The number of furan rings is 1. The van der Waals surface area contributed by atoms with Crippen molar-refractivity contribution in [2.24, 2.45) is 14.1 Å². The Labute approximate surface area is 156 Å². The fourth-order valence-electron chi connectivity index (χ4n) is 3.43. The molecule has 3 rings (SSSR count). The Morgan fingerprint density at radius 2 is 2.04 bits per heavy atom. The Kier molecular flexibility index (Phi) is 5.62. The van der Waals surface area contributed by atoms with Crippen LogP contribution in [0.5, 0.6) is 0 Å². The molecule has 1 amide bonds. The molecule has 146 valence electrons. The first kappa shape index (κ1) is 19.1. The highest BCUT2D eigenvalue weighted by Gasteiger charge is 2.31. The summed E-state index contributed by atoms with van der Waals surface area (Å²) < 4.78 is 7.27. The van der Waals surface area contributed by atoms with Crippen LogP contribution < -0.4 is 11.2 Å². The molecule has 9 heteroatoms. The number of carbonyl (C=O) groups excluding carboxylic acids is 1. The first-order chi connectivity index (χ1) is 12.9. The zero-order chi connectivity index (χ0) is 19.6. The highest BCUT2D eigenvalue weighted by atomic mass is 16.3. The van der Waals surface area contributed by atoms with Crippen LogP contribution in [-0.4, -0.2) is 62.2 Å². The number of hydrogen-bond donors (Lipinski definition) is 1. The molecule has 1 aliphatic heterocycles. The summed E-state index contributed by atoms with van der Waals surface area (Å²) in [6.07, 6.45) is 3.83. The van der Waals surface area contributed by atoms with Gasteiger partial charge in [-0.15, -0.1) is 0 Å². The van der Waals surface area contributed by atoms with E-state index in [1.807, 2.05) is 6.07 Å². The van der Waals surface area contributed by atoms with Crippen LogP contribution in [0.1, 0.15) is 22.5 Å². The van der Waals surface area contributed by atoms with E-state index in [-0.39, 0.29) is 24.2 Å². The molecule has 0 bridgehead atoms. The van der Waals surface area contributed by atoms with Crippen LogP contribution in [0.4, 0.5) is 0 Å². The lowest BCUT2D eigenvalue weighted by atomic mass is 10.1. The molecule has 1 N–H and O–H groups in total. The summed E-state index contributed by atoms with van der Waals surface area (Å²) in [5.41, 5.74) is 0.0732. The topological polar surface area (TPSA) is 101 Å². The molecule has 2 aromatic rings. The quantitative estimate of drug-likeness (QED) is 0.747. The SMILES string of the molecule is Cn1c(C(=O)N2CCN(Cc3ccoc3)[C@H](CCO)C2)cc(=O)n(C)c1=O.